The van der Waals surface area contributed by atoms with Crippen molar-refractivity contribution in [3.63, 3.8) is 0 Å². The van der Waals surface area contributed by atoms with E-state index in [1.54, 1.807) is 31.2 Å². The van der Waals surface area contributed by atoms with Gasteiger partial charge in [-0.05, 0) is 62.7 Å². The molecule has 0 aromatic heterocycles. The number of benzene rings is 2. The van der Waals surface area contributed by atoms with E-state index in [1.165, 1.54) is 16.4 Å². The lowest BCUT2D eigenvalue weighted by atomic mass is 10.0. The Bertz CT molecular complexity index is 1220. The lowest BCUT2D eigenvalue weighted by Gasteiger charge is -2.37. The molecule has 0 amide bonds. The second-order valence-electron chi connectivity index (χ2n) is 9.77. The van der Waals surface area contributed by atoms with Gasteiger partial charge >= 0.3 is 0 Å². The highest BCUT2D eigenvalue weighted by Crippen LogP contribution is 2.34. The molecule has 1 fully saturated rings. The third-order valence-corrected chi connectivity index (χ3v) is 8.52. The molecule has 0 unspecified atom stereocenters. The van der Waals surface area contributed by atoms with Crippen molar-refractivity contribution >= 4 is 10.0 Å². The average molecular weight is 501 g/mol. The van der Waals surface area contributed by atoms with Crippen LogP contribution in [0.5, 0.6) is 5.75 Å². The molecule has 1 N–H and O–H groups in total. The summed E-state index contributed by atoms with van der Waals surface area (Å²) in [5, 5.41) is 9.79. The van der Waals surface area contributed by atoms with E-state index in [4.69, 9.17) is 4.74 Å². The Kier molecular flexibility index (Phi) is 7.82. The van der Waals surface area contributed by atoms with Gasteiger partial charge in [-0.1, -0.05) is 30.9 Å². The predicted octanol–water partition coefficient (Wildman–Crippen LogP) is 3.49. The van der Waals surface area contributed by atoms with E-state index in [0.717, 1.165) is 18.4 Å². The Morgan fingerprint density at radius 1 is 1.26 bits per heavy atom. The first-order valence-corrected chi connectivity index (χ1v) is 13.5. The van der Waals surface area contributed by atoms with E-state index < -0.39 is 16.1 Å². The fourth-order valence-corrected chi connectivity index (χ4v) is 6.08. The molecular formula is C27H33FN2O4S. The van der Waals surface area contributed by atoms with E-state index in [1.807, 2.05) is 24.9 Å². The van der Waals surface area contributed by atoms with E-state index in [2.05, 4.69) is 11.8 Å². The van der Waals surface area contributed by atoms with Crippen molar-refractivity contribution in [3.8, 4) is 17.6 Å². The minimum absolute atomic E-state index is 0.0828. The molecule has 1 heterocycles. The van der Waals surface area contributed by atoms with Crippen molar-refractivity contribution < 1.29 is 22.7 Å². The lowest BCUT2D eigenvalue weighted by molar-refractivity contribution is 0.0733. The van der Waals surface area contributed by atoms with Gasteiger partial charge in [-0.3, -0.25) is 4.90 Å². The van der Waals surface area contributed by atoms with Gasteiger partial charge in [0.2, 0.25) is 10.0 Å². The maximum atomic E-state index is 13.6. The number of aliphatic hydroxyl groups excluding tert-OH is 1. The van der Waals surface area contributed by atoms with Crippen LogP contribution in [0.3, 0.4) is 0 Å². The highest BCUT2D eigenvalue weighted by molar-refractivity contribution is 7.89. The van der Waals surface area contributed by atoms with Crippen molar-refractivity contribution in [1.29, 1.82) is 0 Å². The van der Waals surface area contributed by atoms with Gasteiger partial charge in [0.1, 0.15) is 22.6 Å². The maximum absolute atomic E-state index is 13.6. The molecule has 35 heavy (non-hydrogen) atoms. The minimum Gasteiger partial charge on any atom is -0.487 e. The number of aliphatic hydroxyl groups is 1. The summed E-state index contributed by atoms with van der Waals surface area (Å²) in [4.78, 5) is 2.13. The Morgan fingerprint density at radius 2 is 2.03 bits per heavy atom. The monoisotopic (exact) mass is 500 g/mol. The summed E-state index contributed by atoms with van der Waals surface area (Å²) < 4.78 is 48.5. The van der Waals surface area contributed by atoms with Crippen molar-refractivity contribution in [2.24, 2.45) is 11.8 Å². The molecule has 3 atom stereocenters. The van der Waals surface area contributed by atoms with Gasteiger partial charge in [0.15, 0.2) is 0 Å². The van der Waals surface area contributed by atoms with Crippen LogP contribution >= 0.6 is 0 Å². The average Bonchev–Trinajstić information content (AvgIpc) is 3.64. The molecule has 0 bridgehead atoms. The van der Waals surface area contributed by atoms with Gasteiger partial charge < -0.3 is 9.84 Å². The molecule has 2 aromatic carbocycles. The molecule has 4 rings (SSSR count). The Labute approximate surface area is 207 Å². The summed E-state index contributed by atoms with van der Waals surface area (Å²) in [7, 11) is -1.95. The number of ether oxygens (including phenoxy) is 1. The van der Waals surface area contributed by atoms with Gasteiger partial charge in [-0.15, -0.1) is 0 Å². The van der Waals surface area contributed by atoms with Crippen molar-refractivity contribution in [3.05, 3.63) is 59.4 Å². The number of sulfonamides is 1. The van der Waals surface area contributed by atoms with Crippen LogP contribution in [-0.4, -0.2) is 61.6 Å². The zero-order valence-corrected chi connectivity index (χ0v) is 21.3. The second kappa shape index (κ2) is 10.7. The lowest BCUT2D eigenvalue weighted by Crippen LogP contribution is -2.49. The number of likely N-dealkylation sites (N-methyl/N-ethyl adjacent to an activating group) is 1. The first-order chi connectivity index (χ1) is 16.7. The number of hydrogen-bond acceptors (Lipinski definition) is 5. The minimum atomic E-state index is -3.88. The van der Waals surface area contributed by atoms with Crippen LogP contribution in [0.1, 0.15) is 37.8 Å². The molecule has 1 aliphatic carbocycles. The SMILES string of the molecule is C[C@@H]1CN([C@H](C)CO)S(=O)(=O)c2ccc(C#CC3CC3)cc2O[C@H]1CN(C)Cc1cccc(F)c1. The zero-order chi connectivity index (χ0) is 25.2. The summed E-state index contributed by atoms with van der Waals surface area (Å²) in [6.45, 7) is 4.63. The molecule has 2 aliphatic rings. The summed E-state index contributed by atoms with van der Waals surface area (Å²) in [6.07, 6.45) is 1.88. The molecule has 8 heteroatoms. The highest BCUT2D eigenvalue weighted by atomic mass is 32.2. The molecule has 0 radical (unpaired) electrons. The number of fused-ring (bicyclic) bond motifs is 1. The maximum Gasteiger partial charge on any atom is 0.247 e. The number of halogens is 1. The largest absolute Gasteiger partial charge is 0.487 e. The van der Waals surface area contributed by atoms with Gasteiger partial charge in [0.25, 0.3) is 0 Å². The second-order valence-corrected chi connectivity index (χ2v) is 11.6. The van der Waals surface area contributed by atoms with Crippen LogP contribution < -0.4 is 4.74 Å². The first kappa shape index (κ1) is 25.6. The van der Waals surface area contributed by atoms with Gasteiger partial charge in [-0.25, -0.2) is 12.8 Å². The quantitative estimate of drug-likeness (QED) is 0.615. The highest BCUT2D eigenvalue weighted by Gasteiger charge is 2.38. The van der Waals surface area contributed by atoms with Crippen molar-refractivity contribution in [2.45, 2.75) is 50.3 Å². The molecule has 6 nitrogen and oxygen atoms in total. The van der Waals surface area contributed by atoms with Gasteiger partial charge in [0.05, 0.1) is 6.61 Å². The Balaban J connectivity index is 1.66. The van der Waals surface area contributed by atoms with E-state index >= 15 is 0 Å². The van der Waals surface area contributed by atoms with E-state index in [9.17, 15) is 17.9 Å². The normalized spacial score (nSPS) is 22.8. The molecule has 0 saturated heterocycles. The fourth-order valence-electron chi connectivity index (χ4n) is 4.25. The fraction of sp³-hybridized carbons (Fsp3) is 0.481. The van der Waals surface area contributed by atoms with Gasteiger partial charge in [-0.2, -0.15) is 4.31 Å². The molecular weight excluding hydrogens is 467 g/mol. The topological polar surface area (TPSA) is 70.1 Å². The third kappa shape index (κ3) is 6.22. The summed E-state index contributed by atoms with van der Waals surface area (Å²) in [5.41, 5.74) is 1.56. The molecule has 1 aliphatic heterocycles. The molecule has 1 saturated carbocycles. The predicted molar refractivity (Wildman–Crippen MR) is 133 cm³/mol. The van der Waals surface area contributed by atoms with Crippen molar-refractivity contribution in [1.82, 2.24) is 9.21 Å². The van der Waals surface area contributed by atoms with E-state index in [0.29, 0.717) is 24.6 Å². The number of rotatable bonds is 6. The van der Waals surface area contributed by atoms with Crippen LogP contribution in [0.2, 0.25) is 0 Å². The van der Waals surface area contributed by atoms with Crippen LogP contribution in [-0.2, 0) is 16.6 Å². The van der Waals surface area contributed by atoms with E-state index in [-0.39, 0.29) is 41.6 Å². The standard InChI is InChI=1S/C27H33FN2O4S/c1-19-15-30(20(2)18-31)35(32,33)27-12-11-22(10-9-21-7-8-21)14-25(27)34-26(19)17-29(3)16-23-5-4-6-24(28)13-23/h4-6,11-14,19-21,26,31H,7-8,15-18H2,1-3H3/t19-,20-,26+/m1/s1. The molecule has 188 valence electrons. The zero-order valence-electron chi connectivity index (χ0n) is 20.4. The summed E-state index contributed by atoms with van der Waals surface area (Å²) in [6, 6.07) is 10.9. The Morgan fingerprint density at radius 3 is 2.71 bits per heavy atom. The van der Waals surface area contributed by atoms with Crippen molar-refractivity contribution in [2.75, 3.05) is 26.7 Å². The van der Waals surface area contributed by atoms with Crippen LogP contribution in [0, 0.1) is 29.5 Å². The molecule has 0 spiro atoms. The summed E-state index contributed by atoms with van der Waals surface area (Å²) in [5.74, 6) is 6.61. The Hall–Kier alpha value is -2.44. The molecule has 2 aromatic rings. The number of nitrogens with zero attached hydrogens (tertiary/aromatic N) is 2. The van der Waals surface area contributed by atoms with Crippen LogP contribution in [0.4, 0.5) is 4.39 Å². The smallest absolute Gasteiger partial charge is 0.247 e. The van der Waals surface area contributed by atoms with Gasteiger partial charge in [0, 0.05) is 43.1 Å². The van der Waals surface area contributed by atoms with Crippen LogP contribution in [0.25, 0.3) is 0 Å². The summed E-state index contributed by atoms with van der Waals surface area (Å²) >= 11 is 0. The third-order valence-electron chi connectivity index (χ3n) is 6.50. The number of hydrogen-bond donors (Lipinski definition) is 1. The van der Waals surface area contributed by atoms with Crippen LogP contribution in [0.15, 0.2) is 47.4 Å². The first-order valence-electron chi connectivity index (χ1n) is 12.1.